The van der Waals surface area contributed by atoms with Gasteiger partial charge in [-0.15, -0.1) is 0 Å². The van der Waals surface area contributed by atoms with Crippen LogP contribution in [0, 0.1) is 0 Å². The van der Waals surface area contributed by atoms with E-state index in [1.165, 1.54) is 6.92 Å². The van der Waals surface area contributed by atoms with E-state index in [0.29, 0.717) is 17.2 Å². The van der Waals surface area contributed by atoms with Gasteiger partial charge in [-0.1, -0.05) is 0 Å². The molecule has 0 unspecified atom stereocenters. The zero-order valence-corrected chi connectivity index (χ0v) is 14.6. The summed E-state index contributed by atoms with van der Waals surface area (Å²) in [4.78, 5) is 31.4. The third-order valence-electron chi connectivity index (χ3n) is 4.21. The second kappa shape index (κ2) is 8.42. The lowest BCUT2D eigenvalue weighted by atomic mass is 9.92. The van der Waals surface area contributed by atoms with Crippen molar-refractivity contribution < 1.29 is 19.1 Å². The third-order valence-corrected chi connectivity index (χ3v) is 4.21. The lowest BCUT2D eigenvalue weighted by Gasteiger charge is -2.29. The summed E-state index contributed by atoms with van der Waals surface area (Å²) in [7, 11) is 0. The molecular weight excluding hydrogens is 334 g/mol. The number of amides is 1. The van der Waals surface area contributed by atoms with E-state index in [-0.39, 0.29) is 24.0 Å². The average Bonchev–Trinajstić information content (AvgIpc) is 2.64. The molecule has 0 saturated heterocycles. The van der Waals surface area contributed by atoms with Gasteiger partial charge in [-0.3, -0.25) is 14.6 Å². The molecule has 0 spiro atoms. The average molecular weight is 355 g/mol. The van der Waals surface area contributed by atoms with E-state index < -0.39 is 0 Å². The van der Waals surface area contributed by atoms with Crippen molar-refractivity contribution in [2.45, 2.75) is 44.8 Å². The summed E-state index contributed by atoms with van der Waals surface area (Å²) in [5.41, 5.74) is 0.541. The quantitative estimate of drug-likeness (QED) is 0.655. The van der Waals surface area contributed by atoms with Crippen molar-refractivity contribution in [3.05, 3.63) is 48.4 Å². The SMILES string of the molecule is CC(=O)Oc1ccc(C(=O)NC2CCC(Oc3cnccn3)CC2)cc1. The van der Waals surface area contributed by atoms with Crippen LogP contribution in [-0.2, 0) is 4.79 Å². The Bertz CT molecular complexity index is 741. The molecule has 0 atom stereocenters. The minimum Gasteiger partial charge on any atom is -0.473 e. The van der Waals surface area contributed by atoms with Crippen LogP contribution in [0.2, 0.25) is 0 Å². The number of carbonyl (C=O) groups excluding carboxylic acids is 2. The molecule has 2 aromatic rings. The highest BCUT2D eigenvalue weighted by molar-refractivity contribution is 5.94. The van der Waals surface area contributed by atoms with Gasteiger partial charge in [0.05, 0.1) is 6.20 Å². The topological polar surface area (TPSA) is 90.4 Å². The van der Waals surface area contributed by atoms with E-state index >= 15 is 0 Å². The largest absolute Gasteiger partial charge is 0.473 e. The molecule has 3 rings (SSSR count). The number of hydrogen-bond acceptors (Lipinski definition) is 6. The molecule has 1 aromatic carbocycles. The van der Waals surface area contributed by atoms with Gasteiger partial charge < -0.3 is 14.8 Å². The van der Waals surface area contributed by atoms with E-state index in [9.17, 15) is 9.59 Å². The van der Waals surface area contributed by atoms with Crippen LogP contribution in [0.3, 0.4) is 0 Å². The maximum absolute atomic E-state index is 12.4. The van der Waals surface area contributed by atoms with Crippen molar-refractivity contribution in [1.29, 1.82) is 0 Å². The lowest BCUT2D eigenvalue weighted by Crippen LogP contribution is -2.39. The Morgan fingerprint density at radius 1 is 1.08 bits per heavy atom. The second-order valence-electron chi connectivity index (χ2n) is 6.23. The van der Waals surface area contributed by atoms with Crippen molar-refractivity contribution in [3.8, 4) is 11.6 Å². The molecule has 1 fully saturated rings. The first-order valence-corrected chi connectivity index (χ1v) is 8.62. The van der Waals surface area contributed by atoms with E-state index in [1.54, 1.807) is 42.9 Å². The van der Waals surface area contributed by atoms with Gasteiger partial charge in [0, 0.05) is 30.9 Å². The number of ether oxygens (including phenoxy) is 2. The Hall–Kier alpha value is -2.96. The van der Waals surface area contributed by atoms with Gasteiger partial charge in [0.2, 0.25) is 5.88 Å². The number of benzene rings is 1. The number of carbonyl (C=O) groups is 2. The lowest BCUT2D eigenvalue weighted by molar-refractivity contribution is -0.131. The summed E-state index contributed by atoms with van der Waals surface area (Å²) in [6.07, 6.45) is 8.33. The van der Waals surface area contributed by atoms with Gasteiger partial charge in [0.1, 0.15) is 11.9 Å². The first kappa shape index (κ1) is 17.8. The van der Waals surface area contributed by atoms with E-state index in [2.05, 4.69) is 15.3 Å². The summed E-state index contributed by atoms with van der Waals surface area (Å²) < 4.78 is 10.8. The van der Waals surface area contributed by atoms with E-state index in [4.69, 9.17) is 9.47 Å². The molecule has 1 aliphatic rings. The third kappa shape index (κ3) is 5.02. The van der Waals surface area contributed by atoms with Crippen molar-refractivity contribution in [2.24, 2.45) is 0 Å². The zero-order chi connectivity index (χ0) is 18.4. The van der Waals surface area contributed by atoms with Crippen molar-refractivity contribution in [3.63, 3.8) is 0 Å². The molecule has 0 bridgehead atoms. The molecule has 26 heavy (non-hydrogen) atoms. The van der Waals surface area contributed by atoms with Crippen molar-refractivity contribution >= 4 is 11.9 Å². The van der Waals surface area contributed by atoms with Crippen LogP contribution >= 0.6 is 0 Å². The van der Waals surface area contributed by atoms with E-state index in [1.807, 2.05) is 0 Å². The number of hydrogen-bond donors (Lipinski definition) is 1. The number of aromatic nitrogens is 2. The van der Waals surface area contributed by atoms with Crippen LogP contribution in [0.25, 0.3) is 0 Å². The van der Waals surface area contributed by atoms with Crippen LogP contribution in [0.15, 0.2) is 42.9 Å². The molecule has 1 amide bonds. The van der Waals surface area contributed by atoms with Gasteiger partial charge in [0.25, 0.3) is 5.91 Å². The molecule has 1 N–H and O–H groups in total. The summed E-state index contributed by atoms with van der Waals surface area (Å²) in [5.74, 6) is 0.448. The molecule has 1 heterocycles. The molecule has 0 radical (unpaired) electrons. The number of esters is 1. The first-order chi connectivity index (χ1) is 12.6. The maximum Gasteiger partial charge on any atom is 0.308 e. The standard InChI is InChI=1S/C19H21N3O4/c1-13(23)25-16-6-2-14(3-7-16)19(24)22-15-4-8-17(9-5-15)26-18-12-20-10-11-21-18/h2-3,6-7,10-12,15,17H,4-5,8-9H2,1H3,(H,22,24). The highest BCUT2D eigenvalue weighted by Crippen LogP contribution is 2.23. The zero-order valence-electron chi connectivity index (χ0n) is 14.6. The van der Waals surface area contributed by atoms with Gasteiger partial charge in [-0.25, -0.2) is 4.98 Å². The fourth-order valence-corrected chi connectivity index (χ4v) is 2.95. The molecule has 1 aliphatic carbocycles. The molecule has 136 valence electrons. The van der Waals surface area contributed by atoms with Gasteiger partial charge in [-0.05, 0) is 49.9 Å². The highest BCUT2D eigenvalue weighted by atomic mass is 16.5. The normalized spacial score (nSPS) is 19.4. The Morgan fingerprint density at radius 2 is 1.81 bits per heavy atom. The minimum absolute atomic E-state index is 0.0999. The molecular formula is C19H21N3O4. The smallest absolute Gasteiger partial charge is 0.308 e. The Balaban J connectivity index is 1.46. The summed E-state index contributed by atoms with van der Waals surface area (Å²) in [5, 5.41) is 3.05. The fourth-order valence-electron chi connectivity index (χ4n) is 2.95. The predicted octanol–water partition coefficient (Wildman–Crippen LogP) is 2.52. The summed E-state index contributed by atoms with van der Waals surface area (Å²) in [6, 6.07) is 6.65. The predicted molar refractivity (Wildman–Crippen MR) is 93.9 cm³/mol. The van der Waals surface area contributed by atoms with Crippen molar-refractivity contribution in [1.82, 2.24) is 15.3 Å². The summed E-state index contributed by atoms with van der Waals surface area (Å²) in [6.45, 7) is 1.34. The number of nitrogens with zero attached hydrogens (tertiary/aromatic N) is 2. The fraction of sp³-hybridized carbons (Fsp3) is 0.368. The second-order valence-corrected chi connectivity index (χ2v) is 6.23. The molecule has 7 nitrogen and oxygen atoms in total. The van der Waals surface area contributed by atoms with Crippen LogP contribution < -0.4 is 14.8 Å². The van der Waals surface area contributed by atoms with Crippen LogP contribution in [-0.4, -0.2) is 34.0 Å². The monoisotopic (exact) mass is 355 g/mol. The summed E-state index contributed by atoms with van der Waals surface area (Å²) >= 11 is 0. The maximum atomic E-state index is 12.4. The molecule has 1 aromatic heterocycles. The Labute approximate surface area is 151 Å². The van der Waals surface area contributed by atoms with Gasteiger partial charge in [0.15, 0.2) is 0 Å². The van der Waals surface area contributed by atoms with Crippen LogP contribution in [0.4, 0.5) is 0 Å². The van der Waals surface area contributed by atoms with Crippen LogP contribution in [0.5, 0.6) is 11.6 Å². The Kier molecular flexibility index (Phi) is 5.78. The van der Waals surface area contributed by atoms with Gasteiger partial charge in [-0.2, -0.15) is 0 Å². The minimum atomic E-state index is -0.386. The van der Waals surface area contributed by atoms with Crippen LogP contribution in [0.1, 0.15) is 43.0 Å². The molecule has 0 aliphatic heterocycles. The van der Waals surface area contributed by atoms with E-state index in [0.717, 1.165) is 25.7 Å². The number of rotatable bonds is 5. The van der Waals surface area contributed by atoms with Crippen molar-refractivity contribution in [2.75, 3.05) is 0 Å². The molecule has 7 heteroatoms. The number of nitrogens with one attached hydrogen (secondary N) is 1. The first-order valence-electron chi connectivity index (χ1n) is 8.62. The highest BCUT2D eigenvalue weighted by Gasteiger charge is 2.24. The van der Waals surface area contributed by atoms with Gasteiger partial charge >= 0.3 is 5.97 Å². The Morgan fingerprint density at radius 3 is 2.42 bits per heavy atom. The molecule has 1 saturated carbocycles.